The average Bonchev–Trinajstić information content (AvgIpc) is 2.03. The van der Waals surface area contributed by atoms with Gasteiger partial charge in [-0.1, -0.05) is 28.1 Å². The topological polar surface area (TPSA) is 26.0 Å². The number of nitrogen functional groups attached to an aromatic ring is 1. The Morgan fingerprint density at radius 3 is 2.50 bits per heavy atom. The molecule has 2 aromatic carbocycles. The highest BCUT2D eigenvalue weighted by Crippen LogP contribution is 2.21. The van der Waals surface area contributed by atoms with E-state index >= 15 is 0 Å². The SMILES string of the molecule is Nc1ccc2ccc(Br)cc2c1. The van der Waals surface area contributed by atoms with Crippen LogP contribution in [0.5, 0.6) is 0 Å². The summed E-state index contributed by atoms with van der Waals surface area (Å²) in [6.45, 7) is 0. The van der Waals surface area contributed by atoms with Crippen molar-refractivity contribution < 1.29 is 0 Å². The van der Waals surface area contributed by atoms with Crippen LogP contribution in [-0.4, -0.2) is 0 Å². The van der Waals surface area contributed by atoms with E-state index in [9.17, 15) is 0 Å². The molecule has 0 heterocycles. The number of anilines is 1. The molecule has 0 radical (unpaired) electrons. The molecule has 2 aromatic rings. The summed E-state index contributed by atoms with van der Waals surface area (Å²) < 4.78 is 1.08. The Bertz CT molecular complexity index is 386. The number of hydrogen-bond donors (Lipinski definition) is 1. The largest absolute Gasteiger partial charge is 0.399 e. The summed E-state index contributed by atoms with van der Waals surface area (Å²) in [5.74, 6) is 0. The monoisotopic (exact) mass is 221 g/mol. The highest BCUT2D eigenvalue weighted by molar-refractivity contribution is 9.10. The zero-order chi connectivity index (χ0) is 8.55. The van der Waals surface area contributed by atoms with Gasteiger partial charge in [-0.15, -0.1) is 0 Å². The van der Waals surface area contributed by atoms with Crippen LogP contribution >= 0.6 is 15.9 Å². The summed E-state index contributed by atoms with van der Waals surface area (Å²) >= 11 is 3.42. The lowest BCUT2D eigenvalue weighted by Crippen LogP contribution is -1.83. The zero-order valence-electron chi connectivity index (χ0n) is 6.42. The maximum absolute atomic E-state index is 5.66. The van der Waals surface area contributed by atoms with Gasteiger partial charge in [-0.2, -0.15) is 0 Å². The van der Waals surface area contributed by atoms with Gasteiger partial charge < -0.3 is 5.73 Å². The van der Waals surface area contributed by atoms with Gasteiger partial charge in [-0.25, -0.2) is 0 Å². The van der Waals surface area contributed by atoms with Gasteiger partial charge in [0.05, 0.1) is 0 Å². The van der Waals surface area contributed by atoms with Crippen LogP contribution in [0.3, 0.4) is 0 Å². The minimum Gasteiger partial charge on any atom is -0.399 e. The van der Waals surface area contributed by atoms with E-state index in [4.69, 9.17) is 5.73 Å². The van der Waals surface area contributed by atoms with E-state index < -0.39 is 0 Å². The lowest BCUT2D eigenvalue weighted by atomic mass is 10.1. The molecule has 60 valence electrons. The second kappa shape index (κ2) is 2.79. The van der Waals surface area contributed by atoms with Gasteiger partial charge in [0.2, 0.25) is 0 Å². The van der Waals surface area contributed by atoms with Gasteiger partial charge in [-0.05, 0) is 35.0 Å². The first kappa shape index (κ1) is 7.62. The third kappa shape index (κ3) is 1.30. The summed E-state index contributed by atoms with van der Waals surface area (Å²) in [5, 5.41) is 2.39. The van der Waals surface area contributed by atoms with Crippen molar-refractivity contribution in [2.24, 2.45) is 0 Å². The molecule has 0 bridgehead atoms. The first-order valence-corrected chi connectivity index (χ1v) is 4.50. The Morgan fingerprint density at radius 2 is 1.67 bits per heavy atom. The van der Waals surface area contributed by atoms with Crippen molar-refractivity contribution in [1.29, 1.82) is 0 Å². The third-order valence-electron chi connectivity index (χ3n) is 1.83. The molecule has 0 atom stereocenters. The summed E-state index contributed by atoms with van der Waals surface area (Å²) in [7, 11) is 0. The first-order valence-electron chi connectivity index (χ1n) is 3.70. The summed E-state index contributed by atoms with van der Waals surface area (Å²) in [5.41, 5.74) is 6.46. The number of hydrogen-bond acceptors (Lipinski definition) is 1. The molecule has 0 aliphatic heterocycles. The van der Waals surface area contributed by atoms with Crippen molar-refractivity contribution in [2.75, 3.05) is 5.73 Å². The summed E-state index contributed by atoms with van der Waals surface area (Å²) in [6, 6.07) is 12.1. The van der Waals surface area contributed by atoms with Gasteiger partial charge in [0, 0.05) is 10.2 Å². The molecule has 0 aromatic heterocycles. The predicted molar refractivity (Wildman–Crippen MR) is 56.1 cm³/mol. The second-order valence-corrected chi connectivity index (χ2v) is 3.67. The van der Waals surface area contributed by atoms with Gasteiger partial charge in [-0.3, -0.25) is 0 Å². The van der Waals surface area contributed by atoms with Crippen molar-refractivity contribution in [3.05, 3.63) is 40.9 Å². The Morgan fingerprint density at radius 1 is 0.917 bits per heavy atom. The van der Waals surface area contributed by atoms with Gasteiger partial charge in [0.25, 0.3) is 0 Å². The lowest BCUT2D eigenvalue weighted by molar-refractivity contribution is 1.69. The molecule has 0 aliphatic carbocycles. The number of halogens is 1. The number of rotatable bonds is 0. The highest BCUT2D eigenvalue weighted by Gasteiger charge is 1.93. The Labute approximate surface area is 79.3 Å². The normalized spacial score (nSPS) is 10.4. The summed E-state index contributed by atoms with van der Waals surface area (Å²) in [6.07, 6.45) is 0. The van der Waals surface area contributed by atoms with Crippen LogP contribution in [-0.2, 0) is 0 Å². The van der Waals surface area contributed by atoms with Crippen molar-refractivity contribution in [3.8, 4) is 0 Å². The maximum Gasteiger partial charge on any atom is 0.0320 e. The van der Waals surface area contributed by atoms with Gasteiger partial charge in [0.1, 0.15) is 0 Å². The number of fused-ring (bicyclic) bond motifs is 1. The minimum absolute atomic E-state index is 0.806. The maximum atomic E-state index is 5.66. The number of benzene rings is 2. The molecule has 0 saturated carbocycles. The molecule has 2 rings (SSSR count). The molecule has 0 saturated heterocycles. The molecule has 0 spiro atoms. The van der Waals surface area contributed by atoms with Crippen LogP contribution in [0.15, 0.2) is 40.9 Å². The lowest BCUT2D eigenvalue weighted by Gasteiger charge is -1.99. The van der Waals surface area contributed by atoms with Crippen LogP contribution in [0.4, 0.5) is 5.69 Å². The molecule has 0 amide bonds. The fraction of sp³-hybridized carbons (Fsp3) is 0. The molecule has 0 fully saturated rings. The van der Waals surface area contributed by atoms with Crippen LogP contribution < -0.4 is 5.73 Å². The van der Waals surface area contributed by atoms with Crippen LogP contribution in [0.25, 0.3) is 10.8 Å². The molecular weight excluding hydrogens is 214 g/mol. The van der Waals surface area contributed by atoms with Crippen molar-refractivity contribution in [3.63, 3.8) is 0 Å². The fourth-order valence-electron chi connectivity index (χ4n) is 1.24. The van der Waals surface area contributed by atoms with E-state index in [1.807, 2.05) is 24.3 Å². The molecule has 2 N–H and O–H groups in total. The molecule has 0 aliphatic rings. The van der Waals surface area contributed by atoms with E-state index in [0.717, 1.165) is 10.2 Å². The quantitative estimate of drug-likeness (QED) is 0.680. The average molecular weight is 222 g/mol. The standard InChI is InChI=1S/C10H8BrN/c11-9-3-1-7-2-4-10(12)6-8(7)5-9/h1-6H,12H2. The summed E-state index contributed by atoms with van der Waals surface area (Å²) in [4.78, 5) is 0. The molecule has 12 heavy (non-hydrogen) atoms. The van der Waals surface area contributed by atoms with Gasteiger partial charge >= 0.3 is 0 Å². The van der Waals surface area contributed by atoms with Crippen molar-refractivity contribution in [2.45, 2.75) is 0 Å². The smallest absolute Gasteiger partial charge is 0.0320 e. The molecular formula is C10H8BrN. The fourth-order valence-corrected chi connectivity index (χ4v) is 1.61. The number of nitrogens with two attached hydrogens (primary N) is 1. The predicted octanol–water partition coefficient (Wildman–Crippen LogP) is 3.18. The van der Waals surface area contributed by atoms with Crippen molar-refractivity contribution in [1.82, 2.24) is 0 Å². The van der Waals surface area contributed by atoms with E-state index in [-0.39, 0.29) is 0 Å². The van der Waals surface area contributed by atoms with E-state index in [0.29, 0.717) is 0 Å². The Hall–Kier alpha value is -1.02. The Kier molecular flexibility index (Phi) is 1.77. The van der Waals surface area contributed by atoms with E-state index in [2.05, 4.69) is 28.1 Å². The second-order valence-electron chi connectivity index (χ2n) is 2.75. The van der Waals surface area contributed by atoms with E-state index in [1.54, 1.807) is 0 Å². The van der Waals surface area contributed by atoms with Crippen LogP contribution in [0, 0.1) is 0 Å². The molecule has 1 nitrogen and oxygen atoms in total. The zero-order valence-corrected chi connectivity index (χ0v) is 8.01. The van der Waals surface area contributed by atoms with E-state index in [1.165, 1.54) is 10.8 Å². The first-order chi connectivity index (χ1) is 5.75. The molecule has 0 unspecified atom stereocenters. The third-order valence-corrected chi connectivity index (χ3v) is 2.32. The minimum atomic E-state index is 0.806. The van der Waals surface area contributed by atoms with Crippen LogP contribution in [0.1, 0.15) is 0 Å². The van der Waals surface area contributed by atoms with Gasteiger partial charge in [0.15, 0.2) is 0 Å². The van der Waals surface area contributed by atoms with Crippen molar-refractivity contribution >= 4 is 32.4 Å². The van der Waals surface area contributed by atoms with Crippen LogP contribution in [0.2, 0.25) is 0 Å². The Balaban J connectivity index is 2.80. The molecule has 2 heteroatoms. The highest BCUT2D eigenvalue weighted by atomic mass is 79.9.